The SMILES string of the molecule is CCCC12c3c4ccc(O)c3O[C@H]1C(=O)CC[C@@]2(O)C(N(C)CC1CCC1)C4. The number of carbonyl (C=O) groups is 1. The number of Topliss-reactive ketones (excluding diaryl/α,β-unsaturated/α-hetero) is 1. The third-order valence-electron chi connectivity index (χ3n) is 8.08. The molecule has 1 aromatic rings. The molecular formula is C23H31NO4. The van der Waals surface area contributed by atoms with Crippen LogP contribution in [-0.4, -0.2) is 52.2 Å². The zero-order valence-corrected chi connectivity index (χ0v) is 16.9. The highest BCUT2D eigenvalue weighted by Crippen LogP contribution is 2.63. The van der Waals surface area contributed by atoms with Crippen LogP contribution in [0.5, 0.6) is 11.5 Å². The summed E-state index contributed by atoms with van der Waals surface area (Å²) in [6, 6.07) is 3.62. The molecule has 2 N–H and O–H groups in total. The third-order valence-corrected chi connectivity index (χ3v) is 8.08. The number of ether oxygens (including phenoxy) is 1. The van der Waals surface area contributed by atoms with E-state index in [0.29, 0.717) is 30.9 Å². The van der Waals surface area contributed by atoms with Gasteiger partial charge in [-0.05, 0) is 56.7 Å². The van der Waals surface area contributed by atoms with E-state index in [2.05, 4.69) is 18.9 Å². The molecule has 152 valence electrons. The number of hydrogen-bond acceptors (Lipinski definition) is 5. The molecule has 5 nitrogen and oxygen atoms in total. The Morgan fingerprint density at radius 3 is 2.79 bits per heavy atom. The van der Waals surface area contributed by atoms with Crippen molar-refractivity contribution in [1.82, 2.24) is 4.90 Å². The summed E-state index contributed by atoms with van der Waals surface area (Å²) in [6.07, 6.45) is 6.25. The molecule has 4 atom stereocenters. The van der Waals surface area contributed by atoms with Crippen molar-refractivity contribution in [2.75, 3.05) is 13.6 Å². The van der Waals surface area contributed by atoms with Gasteiger partial charge in [0.25, 0.3) is 0 Å². The zero-order valence-electron chi connectivity index (χ0n) is 16.9. The summed E-state index contributed by atoms with van der Waals surface area (Å²) >= 11 is 0. The number of likely N-dealkylation sites (N-methyl/N-ethyl adjacent to an activating group) is 1. The smallest absolute Gasteiger partial charge is 0.174 e. The van der Waals surface area contributed by atoms with Crippen LogP contribution >= 0.6 is 0 Å². The summed E-state index contributed by atoms with van der Waals surface area (Å²) in [5.41, 5.74) is 0.250. The van der Waals surface area contributed by atoms with E-state index in [0.717, 1.165) is 30.5 Å². The molecule has 0 spiro atoms. The Morgan fingerprint density at radius 1 is 1.32 bits per heavy atom. The molecule has 1 aromatic carbocycles. The van der Waals surface area contributed by atoms with E-state index < -0.39 is 17.1 Å². The first-order valence-electron chi connectivity index (χ1n) is 10.9. The van der Waals surface area contributed by atoms with E-state index >= 15 is 0 Å². The fraction of sp³-hybridized carbons (Fsp3) is 0.696. The number of ketones is 1. The summed E-state index contributed by atoms with van der Waals surface area (Å²) in [5.74, 6) is 1.29. The number of phenols is 1. The monoisotopic (exact) mass is 385 g/mol. The number of hydrogen-bond donors (Lipinski definition) is 2. The maximum Gasteiger partial charge on any atom is 0.174 e. The molecule has 5 heteroatoms. The Hall–Kier alpha value is -1.59. The Bertz CT molecular complexity index is 819. The summed E-state index contributed by atoms with van der Waals surface area (Å²) in [6.45, 7) is 3.09. The highest BCUT2D eigenvalue weighted by molar-refractivity contribution is 5.89. The fourth-order valence-corrected chi connectivity index (χ4v) is 6.63. The van der Waals surface area contributed by atoms with E-state index in [4.69, 9.17) is 4.74 Å². The minimum Gasteiger partial charge on any atom is -0.504 e. The highest BCUT2D eigenvalue weighted by Gasteiger charge is 2.70. The predicted molar refractivity (Wildman–Crippen MR) is 106 cm³/mol. The predicted octanol–water partition coefficient (Wildman–Crippen LogP) is 2.94. The largest absolute Gasteiger partial charge is 0.504 e. The van der Waals surface area contributed by atoms with Crippen LogP contribution in [0.3, 0.4) is 0 Å². The lowest BCUT2D eigenvalue weighted by Gasteiger charge is -2.58. The Labute approximate surface area is 166 Å². The lowest BCUT2D eigenvalue weighted by Crippen LogP contribution is -2.72. The summed E-state index contributed by atoms with van der Waals surface area (Å²) in [4.78, 5) is 15.3. The van der Waals surface area contributed by atoms with E-state index in [1.54, 1.807) is 6.07 Å². The third kappa shape index (κ3) is 2.18. The van der Waals surface area contributed by atoms with E-state index in [1.807, 2.05) is 6.07 Å². The lowest BCUT2D eigenvalue weighted by molar-refractivity contribution is -0.170. The van der Waals surface area contributed by atoms with Crippen molar-refractivity contribution in [2.24, 2.45) is 5.92 Å². The van der Waals surface area contributed by atoms with Gasteiger partial charge in [0.15, 0.2) is 23.4 Å². The van der Waals surface area contributed by atoms with Crippen LogP contribution < -0.4 is 4.74 Å². The van der Waals surface area contributed by atoms with Gasteiger partial charge in [-0.15, -0.1) is 0 Å². The second-order valence-electron chi connectivity index (χ2n) is 9.51. The first kappa shape index (κ1) is 18.4. The number of carbonyl (C=O) groups excluding carboxylic acids is 1. The maximum absolute atomic E-state index is 12.9. The van der Waals surface area contributed by atoms with Crippen molar-refractivity contribution in [2.45, 2.75) is 81.5 Å². The number of aromatic hydroxyl groups is 1. The van der Waals surface area contributed by atoms with Crippen molar-refractivity contribution >= 4 is 5.78 Å². The molecule has 5 rings (SSSR count). The molecule has 2 fully saturated rings. The van der Waals surface area contributed by atoms with Crippen LogP contribution in [0.25, 0.3) is 0 Å². The van der Waals surface area contributed by atoms with Crippen molar-refractivity contribution in [3.63, 3.8) is 0 Å². The van der Waals surface area contributed by atoms with Crippen molar-refractivity contribution in [1.29, 1.82) is 0 Å². The maximum atomic E-state index is 12.9. The van der Waals surface area contributed by atoms with Crippen LogP contribution in [-0.2, 0) is 16.6 Å². The minimum absolute atomic E-state index is 0.0400. The van der Waals surface area contributed by atoms with Gasteiger partial charge in [0.05, 0.1) is 11.0 Å². The molecule has 1 aliphatic heterocycles. The van der Waals surface area contributed by atoms with Crippen LogP contribution in [0, 0.1) is 5.92 Å². The molecule has 2 unspecified atom stereocenters. The topological polar surface area (TPSA) is 70.0 Å². The minimum atomic E-state index is -1.02. The zero-order chi connectivity index (χ0) is 19.7. The number of nitrogens with zero attached hydrogens (tertiary/aromatic N) is 1. The summed E-state index contributed by atoms with van der Waals surface area (Å²) < 4.78 is 6.13. The highest BCUT2D eigenvalue weighted by atomic mass is 16.5. The number of phenolic OH excluding ortho intramolecular Hbond substituents is 1. The number of aliphatic hydroxyl groups is 1. The van der Waals surface area contributed by atoms with Crippen molar-refractivity contribution in [3.8, 4) is 11.5 Å². The fourth-order valence-electron chi connectivity index (χ4n) is 6.63. The quantitative estimate of drug-likeness (QED) is 0.816. The molecule has 1 heterocycles. The van der Waals surface area contributed by atoms with E-state index in [9.17, 15) is 15.0 Å². The van der Waals surface area contributed by atoms with Gasteiger partial charge in [-0.3, -0.25) is 9.69 Å². The number of rotatable bonds is 5. The average Bonchev–Trinajstić information content (AvgIpc) is 3.00. The molecule has 2 saturated carbocycles. The van der Waals surface area contributed by atoms with Gasteiger partial charge in [0.1, 0.15) is 0 Å². The Balaban J connectivity index is 1.67. The van der Waals surface area contributed by atoms with Gasteiger partial charge in [-0.2, -0.15) is 0 Å². The van der Waals surface area contributed by atoms with Gasteiger partial charge < -0.3 is 14.9 Å². The first-order valence-corrected chi connectivity index (χ1v) is 10.9. The van der Waals surface area contributed by atoms with Gasteiger partial charge >= 0.3 is 0 Å². The van der Waals surface area contributed by atoms with E-state index in [1.165, 1.54) is 19.3 Å². The lowest BCUT2D eigenvalue weighted by atomic mass is 9.50. The molecule has 0 radical (unpaired) electrons. The first-order chi connectivity index (χ1) is 13.4. The Morgan fingerprint density at radius 2 is 2.11 bits per heavy atom. The molecule has 0 saturated heterocycles. The molecule has 0 aromatic heterocycles. The normalized spacial score (nSPS) is 36.2. The van der Waals surface area contributed by atoms with Gasteiger partial charge in [0.2, 0.25) is 0 Å². The van der Waals surface area contributed by atoms with Gasteiger partial charge in [-0.25, -0.2) is 0 Å². The van der Waals surface area contributed by atoms with Crippen LogP contribution in [0.1, 0.15) is 63.0 Å². The van der Waals surface area contributed by atoms with Gasteiger partial charge in [0, 0.05) is 24.6 Å². The summed E-state index contributed by atoms with van der Waals surface area (Å²) in [7, 11) is 2.13. The van der Waals surface area contributed by atoms with Crippen molar-refractivity contribution < 1.29 is 19.7 Å². The molecule has 0 amide bonds. The summed E-state index contributed by atoms with van der Waals surface area (Å²) in [5, 5.41) is 22.8. The van der Waals surface area contributed by atoms with Crippen LogP contribution in [0.15, 0.2) is 12.1 Å². The average molecular weight is 386 g/mol. The van der Waals surface area contributed by atoms with Crippen LogP contribution in [0.2, 0.25) is 0 Å². The number of benzene rings is 1. The van der Waals surface area contributed by atoms with Gasteiger partial charge in [-0.1, -0.05) is 25.8 Å². The van der Waals surface area contributed by atoms with E-state index in [-0.39, 0.29) is 17.6 Å². The molecule has 4 aliphatic rings. The second-order valence-corrected chi connectivity index (χ2v) is 9.51. The molecule has 0 bridgehead atoms. The van der Waals surface area contributed by atoms with Crippen LogP contribution in [0.4, 0.5) is 0 Å². The second kappa shape index (κ2) is 6.20. The molecular weight excluding hydrogens is 354 g/mol. The molecule has 28 heavy (non-hydrogen) atoms. The van der Waals surface area contributed by atoms with Crippen molar-refractivity contribution in [3.05, 3.63) is 23.3 Å². The standard InChI is InChI=1S/C23H31NO4/c1-3-10-22-19-15-7-8-16(25)20(19)28-21(22)17(26)9-11-23(22,27)18(12-15)24(2)13-14-5-4-6-14/h7-8,14,18,21,25,27H,3-6,9-13H2,1-2H3/t18?,21-,22?,23+/m0/s1. The Kier molecular flexibility index (Phi) is 4.08. The molecule has 3 aliphatic carbocycles.